The molecular weight excluding hydrogens is 438 g/mol. The molecule has 1 aromatic carbocycles. The molecule has 1 saturated carbocycles. The lowest BCUT2D eigenvalue weighted by Gasteiger charge is -2.40. The van der Waals surface area contributed by atoms with E-state index in [1.165, 1.54) is 25.4 Å². The van der Waals surface area contributed by atoms with Gasteiger partial charge in [-0.2, -0.15) is 20.5 Å². The van der Waals surface area contributed by atoms with Crippen LogP contribution in [0.4, 0.5) is 0 Å². The molecule has 1 aliphatic carbocycles. The van der Waals surface area contributed by atoms with E-state index in [4.69, 9.17) is 14.5 Å². The van der Waals surface area contributed by atoms with Gasteiger partial charge in [0.1, 0.15) is 11.4 Å². The third kappa shape index (κ3) is 5.50. The van der Waals surface area contributed by atoms with Crippen LogP contribution < -0.4 is 9.54 Å². The van der Waals surface area contributed by atoms with E-state index < -0.39 is 5.60 Å². The van der Waals surface area contributed by atoms with Crippen molar-refractivity contribution in [2.24, 2.45) is 9.98 Å². The van der Waals surface area contributed by atoms with Crippen molar-refractivity contribution in [3.63, 3.8) is 0 Å². The number of nitriles is 2. The molecule has 3 rings (SSSR count). The number of thiazole rings is 1. The number of hydrogen-bond acceptors (Lipinski definition) is 7. The average Bonchev–Trinajstić information content (AvgIpc) is 3.13. The molecule has 9 heteroatoms. The zero-order valence-electron chi connectivity index (χ0n) is 19.5. The van der Waals surface area contributed by atoms with E-state index in [-0.39, 0.29) is 17.2 Å². The van der Waals surface area contributed by atoms with E-state index >= 15 is 0 Å². The average molecular weight is 466 g/mol. The van der Waals surface area contributed by atoms with Crippen molar-refractivity contribution in [1.82, 2.24) is 4.57 Å². The zero-order chi connectivity index (χ0) is 24.2. The zero-order valence-corrected chi connectivity index (χ0v) is 20.3. The van der Waals surface area contributed by atoms with Crippen LogP contribution in [-0.4, -0.2) is 29.1 Å². The molecule has 0 N–H and O–H groups in total. The van der Waals surface area contributed by atoms with Crippen LogP contribution in [0.3, 0.4) is 0 Å². The van der Waals surface area contributed by atoms with Crippen molar-refractivity contribution in [2.45, 2.75) is 64.5 Å². The van der Waals surface area contributed by atoms with Crippen molar-refractivity contribution in [1.29, 1.82) is 10.5 Å². The minimum absolute atomic E-state index is 0.126. The Morgan fingerprint density at radius 2 is 2.03 bits per heavy atom. The van der Waals surface area contributed by atoms with Crippen LogP contribution in [0.15, 0.2) is 34.4 Å². The van der Waals surface area contributed by atoms with Gasteiger partial charge in [-0.15, -0.1) is 11.3 Å². The first-order valence-electron chi connectivity index (χ1n) is 10.6. The molecule has 1 fully saturated rings. The number of rotatable bonds is 5. The van der Waals surface area contributed by atoms with Crippen LogP contribution in [0, 0.1) is 22.8 Å². The Kier molecular flexibility index (Phi) is 7.04. The fraction of sp³-hybridized carbons (Fsp3) is 0.458. The monoisotopic (exact) mass is 465 g/mol. The topological polar surface area (TPSA) is 113 Å². The van der Waals surface area contributed by atoms with Gasteiger partial charge in [-0.25, -0.2) is 0 Å². The molecule has 0 radical (unpaired) electrons. The lowest BCUT2D eigenvalue weighted by atomic mass is 9.80. The smallest absolute Gasteiger partial charge is 0.303 e. The van der Waals surface area contributed by atoms with Gasteiger partial charge in [0, 0.05) is 18.0 Å². The summed E-state index contributed by atoms with van der Waals surface area (Å²) in [6.45, 7) is 8.23. The minimum atomic E-state index is -0.554. The van der Waals surface area contributed by atoms with Crippen molar-refractivity contribution < 1.29 is 14.3 Å². The van der Waals surface area contributed by atoms with E-state index in [0.29, 0.717) is 28.2 Å². The number of carbonyl (C=O) groups excluding carboxylic acids is 1. The molecule has 1 aromatic heterocycles. The predicted molar refractivity (Wildman–Crippen MR) is 125 cm³/mol. The summed E-state index contributed by atoms with van der Waals surface area (Å²) in [7, 11) is 1.51. The molecule has 2 aromatic rings. The molecule has 0 saturated heterocycles. The van der Waals surface area contributed by atoms with Gasteiger partial charge >= 0.3 is 5.97 Å². The highest BCUT2D eigenvalue weighted by atomic mass is 32.1. The van der Waals surface area contributed by atoms with E-state index in [2.05, 4.69) is 31.8 Å². The highest BCUT2D eigenvalue weighted by Crippen LogP contribution is 2.37. The highest BCUT2D eigenvalue weighted by Gasteiger charge is 2.41. The van der Waals surface area contributed by atoms with Crippen LogP contribution in [0.5, 0.6) is 5.75 Å². The number of hydrogen-bond donors (Lipinski definition) is 0. The lowest BCUT2D eigenvalue weighted by Crippen LogP contribution is -2.46. The van der Waals surface area contributed by atoms with E-state index in [0.717, 1.165) is 24.1 Å². The Labute approximate surface area is 197 Å². The van der Waals surface area contributed by atoms with Gasteiger partial charge in [-0.05, 0) is 42.9 Å². The summed E-state index contributed by atoms with van der Waals surface area (Å²) in [6.07, 6.45) is 6.41. The molecule has 172 valence electrons. The summed E-state index contributed by atoms with van der Waals surface area (Å²) < 4.78 is 13.1. The second-order valence-corrected chi connectivity index (χ2v) is 10.1. The van der Waals surface area contributed by atoms with Crippen LogP contribution in [0.1, 0.15) is 63.0 Å². The number of esters is 1. The maximum atomic E-state index is 11.7. The molecule has 0 atom stereocenters. The standard InChI is InChI=1S/C24H27N5O3S/c1-16(30)32-24(9-6-10-24)14-29-13-20(23(2,3)4)33-22(29)28-21(27-15-26)18-11-17(12-25)7-8-19(18)31-5/h7-8,11,13H,6,9-10,14H2,1-5H3/b27-21+,28-22-. The number of aliphatic imine (C=N–C) groups is 1. The predicted octanol–water partition coefficient (Wildman–Crippen LogP) is 4.04. The lowest BCUT2D eigenvalue weighted by molar-refractivity contribution is -0.169. The van der Waals surface area contributed by atoms with E-state index in [9.17, 15) is 15.3 Å². The largest absolute Gasteiger partial charge is 0.496 e. The summed E-state index contributed by atoms with van der Waals surface area (Å²) >= 11 is 1.49. The van der Waals surface area contributed by atoms with Gasteiger partial charge in [-0.3, -0.25) is 4.79 Å². The summed E-state index contributed by atoms with van der Waals surface area (Å²) in [6, 6.07) is 6.99. The van der Waals surface area contributed by atoms with Gasteiger partial charge in [-0.1, -0.05) is 20.8 Å². The quantitative estimate of drug-likeness (QED) is 0.286. The first-order valence-corrected chi connectivity index (χ1v) is 11.4. The molecule has 1 aliphatic rings. The van der Waals surface area contributed by atoms with Gasteiger partial charge in [0.15, 0.2) is 10.6 Å². The van der Waals surface area contributed by atoms with Crippen LogP contribution in [-0.2, 0) is 21.5 Å². The second kappa shape index (κ2) is 9.60. The number of nitrogens with zero attached hydrogens (tertiary/aromatic N) is 5. The van der Waals surface area contributed by atoms with E-state index in [1.807, 2.05) is 17.0 Å². The SMILES string of the molecule is COc1ccc(C#N)cc1C(/N=c1\sc(C(C)(C)C)cn1CC1(OC(C)=O)CCC1)=N\C#N. The van der Waals surface area contributed by atoms with Crippen molar-refractivity contribution in [3.05, 3.63) is 45.2 Å². The van der Waals surface area contributed by atoms with Crippen molar-refractivity contribution >= 4 is 23.1 Å². The Hall–Kier alpha value is -3.43. The Balaban J connectivity index is 2.17. The van der Waals surface area contributed by atoms with Crippen molar-refractivity contribution in [3.8, 4) is 18.0 Å². The number of aromatic nitrogens is 1. The Morgan fingerprint density at radius 1 is 1.30 bits per heavy atom. The molecule has 0 aliphatic heterocycles. The highest BCUT2D eigenvalue weighted by molar-refractivity contribution is 7.09. The van der Waals surface area contributed by atoms with Gasteiger partial charge in [0.2, 0.25) is 6.19 Å². The number of methoxy groups -OCH3 is 1. The van der Waals surface area contributed by atoms with E-state index in [1.54, 1.807) is 18.2 Å². The fourth-order valence-corrected chi connectivity index (χ4v) is 4.69. The normalized spacial score (nSPS) is 15.8. The summed E-state index contributed by atoms with van der Waals surface area (Å²) in [5.41, 5.74) is 0.180. The molecule has 8 nitrogen and oxygen atoms in total. The molecule has 0 amide bonds. The molecular formula is C24H27N5O3S. The van der Waals surface area contributed by atoms with Crippen LogP contribution in [0.2, 0.25) is 0 Å². The molecule has 0 unspecified atom stereocenters. The van der Waals surface area contributed by atoms with Crippen LogP contribution >= 0.6 is 11.3 Å². The number of carbonyl (C=O) groups is 1. The molecule has 33 heavy (non-hydrogen) atoms. The fourth-order valence-electron chi connectivity index (χ4n) is 3.64. The number of ether oxygens (including phenoxy) is 2. The van der Waals surface area contributed by atoms with Gasteiger partial charge in [0.25, 0.3) is 0 Å². The minimum Gasteiger partial charge on any atom is -0.496 e. The maximum Gasteiger partial charge on any atom is 0.303 e. The first-order chi connectivity index (χ1) is 15.6. The maximum absolute atomic E-state index is 11.7. The summed E-state index contributed by atoms with van der Waals surface area (Å²) in [5, 5.41) is 18.7. The molecule has 0 spiro atoms. The first kappa shape index (κ1) is 24.2. The second-order valence-electron chi connectivity index (χ2n) is 9.06. The Morgan fingerprint density at radius 3 is 2.55 bits per heavy atom. The number of amidine groups is 1. The molecule has 0 bridgehead atoms. The van der Waals surface area contributed by atoms with Crippen molar-refractivity contribution in [2.75, 3.05) is 7.11 Å². The summed E-state index contributed by atoms with van der Waals surface area (Å²) in [5.74, 6) is 0.309. The third-order valence-corrected chi connectivity index (χ3v) is 6.92. The summed E-state index contributed by atoms with van der Waals surface area (Å²) in [4.78, 5) is 22.1. The van der Waals surface area contributed by atoms with Crippen LogP contribution in [0.25, 0.3) is 0 Å². The number of benzene rings is 1. The molecule has 1 heterocycles. The van der Waals surface area contributed by atoms with Gasteiger partial charge < -0.3 is 14.0 Å². The third-order valence-electron chi connectivity index (χ3n) is 5.47. The van der Waals surface area contributed by atoms with Gasteiger partial charge in [0.05, 0.1) is 30.9 Å². The Bertz CT molecular complexity index is 1230.